The van der Waals surface area contributed by atoms with Gasteiger partial charge in [-0.25, -0.2) is 0 Å². The van der Waals surface area contributed by atoms with Crippen molar-refractivity contribution in [3.05, 3.63) is 35.6 Å². The number of carbonyl (C=O) groups is 1. The highest BCUT2D eigenvalue weighted by Gasteiger charge is 2.39. The molecule has 2 unspecified atom stereocenters. The molecule has 2 aliphatic heterocycles. The van der Waals surface area contributed by atoms with Gasteiger partial charge in [0.15, 0.2) is 0 Å². The zero-order chi connectivity index (χ0) is 13.7. The lowest BCUT2D eigenvalue weighted by Gasteiger charge is -2.21. The van der Waals surface area contributed by atoms with Crippen LogP contribution in [0.25, 0.3) is 11.0 Å². The topological polar surface area (TPSA) is 54.3 Å². The molecule has 2 fully saturated rings. The van der Waals surface area contributed by atoms with E-state index in [0.29, 0.717) is 17.6 Å². The van der Waals surface area contributed by atoms with E-state index < -0.39 is 0 Å². The lowest BCUT2D eigenvalue weighted by molar-refractivity contribution is 0.0931. The number of fused-ring (bicyclic) bond motifs is 3. The van der Waals surface area contributed by atoms with Crippen LogP contribution in [0.2, 0.25) is 0 Å². The van der Waals surface area contributed by atoms with Crippen LogP contribution in [-0.2, 0) is 0 Å². The maximum atomic E-state index is 12.3. The minimum absolute atomic E-state index is 0.000281. The number of nitrogens with one attached hydrogen (secondary N) is 2. The summed E-state index contributed by atoms with van der Waals surface area (Å²) in [7, 11) is 0. The fourth-order valence-electron chi connectivity index (χ4n) is 3.54. The molecule has 2 aromatic rings. The summed E-state index contributed by atoms with van der Waals surface area (Å²) in [5, 5.41) is 7.76. The summed E-state index contributed by atoms with van der Waals surface area (Å²) in [4.78, 5) is 12.3. The molecule has 2 saturated heterocycles. The Balaban J connectivity index is 1.54. The fourth-order valence-corrected chi connectivity index (χ4v) is 3.54. The number of carbonyl (C=O) groups excluding carboxylic acids is 1. The molecule has 4 heteroatoms. The second-order valence-electron chi connectivity index (χ2n) is 5.99. The Morgan fingerprint density at radius 1 is 1.40 bits per heavy atom. The molecule has 0 saturated carbocycles. The zero-order valence-corrected chi connectivity index (χ0v) is 11.5. The van der Waals surface area contributed by atoms with Crippen molar-refractivity contribution in [1.82, 2.24) is 10.6 Å². The molecule has 1 aromatic heterocycles. The van der Waals surface area contributed by atoms with Gasteiger partial charge in [-0.3, -0.25) is 4.79 Å². The van der Waals surface area contributed by atoms with Gasteiger partial charge < -0.3 is 15.1 Å². The van der Waals surface area contributed by atoms with E-state index in [1.54, 1.807) is 6.26 Å². The van der Waals surface area contributed by atoms with E-state index in [-0.39, 0.29) is 11.9 Å². The first kappa shape index (κ1) is 12.0. The summed E-state index contributed by atoms with van der Waals surface area (Å²) in [6.07, 6.45) is 5.20. The second kappa shape index (κ2) is 4.35. The number of amides is 1. The minimum Gasteiger partial charge on any atom is -0.464 e. The van der Waals surface area contributed by atoms with Crippen LogP contribution in [0.4, 0.5) is 0 Å². The Morgan fingerprint density at radius 2 is 2.30 bits per heavy atom. The van der Waals surface area contributed by atoms with Crippen LogP contribution in [0.15, 0.2) is 28.9 Å². The van der Waals surface area contributed by atoms with Crippen LogP contribution in [0.3, 0.4) is 0 Å². The van der Waals surface area contributed by atoms with Crippen LogP contribution in [0, 0.1) is 6.92 Å². The molecular weight excluding hydrogens is 252 g/mol. The van der Waals surface area contributed by atoms with Gasteiger partial charge in [-0.1, -0.05) is 6.07 Å². The molecule has 4 nitrogen and oxygen atoms in total. The maximum absolute atomic E-state index is 12.3. The highest BCUT2D eigenvalue weighted by molar-refractivity contribution is 5.98. The first-order valence-electron chi connectivity index (χ1n) is 7.25. The van der Waals surface area contributed by atoms with Crippen molar-refractivity contribution in [2.24, 2.45) is 0 Å². The molecule has 2 bridgehead atoms. The van der Waals surface area contributed by atoms with E-state index in [1.807, 2.05) is 25.1 Å². The number of hydrogen-bond acceptors (Lipinski definition) is 3. The molecule has 4 rings (SSSR count). The van der Waals surface area contributed by atoms with E-state index >= 15 is 0 Å². The van der Waals surface area contributed by atoms with Gasteiger partial charge in [-0.15, -0.1) is 0 Å². The quantitative estimate of drug-likeness (QED) is 0.881. The van der Waals surface area contributed by atoms with Gasteiger partial charge in [-0.2, -0.15) is 0 Å². The molecule has 0 aliphatic carbocycles. The van der Waals surface area contributed by atoms with Crippen molar-refractivity contribution >= 4 is 16.9 Å². The highest BCUT2D eigenvalue weighted by Crippen LogP contribution is 2.28. The molecule has 0 radical (unpaired) electrons. The first-order chi connectivity index (χ1) is 9.70. The summed E-state index contributed by atoms with van der Waals surface area (Å²) in [5.74, 6) is 0.000281. The monoisotopic (exact) mass is 270 g/mol. The largest absolute Gasteiger partial charge is 0.464 e. The third kappa shape index (κ3) is 1.83. The molecule has 2 N–H and O–H groups in total. The number of furan rings is 1. The summed E-state index contributed by atoms with van der Waals surface area (Å²) >= 11 is 0. The van der Waals surface area contributed by atoms with Gasteiger partial charge in [0.1, 0.15) is 5.58 Å². The molecule has 1 aromatic carbocycles. The molecule has 0 spiro atoms. The van der Waals surface area contributed by atoms with Gasteiger partial charge in [0.25, 0.3) is 5.91 Å². The second-order valence-corrected chi connectivity index (χ2v) is 5.99. The summed E-state index contributed by atoms with van der Waals surface area (Å²) in [6.45, 7) is 2.01. The molecular formula is C16H18N2O2. The van der Waals surface area contributed by atoms with Crippen molar-refractivity contribution in [1.29, 1.82) is 0 Å². The van der Waals surface area contributed by atoms with E-state index in [1.165, 1.54) is 12.8 Å². The van der Waals surface area contributed by atoms with Crippen molar-refractivity contribution in [2.45, 2.75) is 44.3 Å². The van der Waals surface area contributed by atoms with E-state index in [4.69, 9.17) is 4.42 Å². The Labute approximate surface area is 117 Å². The lowest BCUT2D eigenvalue weighted by atomic mass is 9.95. The minimum atomic E-state index is 0.000281. The van der Waals surface area contributed by atoms with Gasteiger partial charge in [0.05, 0.1) is 6.26 Å². The van der Waals surface area contributed by atoms with E-state index in [0.717, 1.165) is 23.0 Å². The zero-order valence-electron chi connectivity index (χ0n) is 11.5. The van der Waals surface area contributed by atoms with Crippen LogP contribution < -0.4 is 10.6 Å². The number of benzene rings is 1. The Morgan fingerprint density at radius 3 is 3.05 bits per heavy atom. The fraction of sp³-hybridized carbons (Fsp3) is 0.438. The highest BCUT2D eigenvalue weighted by atomic mass is 16.3. The summed E-state index contributed by atoms with van der Waals surface area (Å²) < 4.78 is 5.47. The van der Waals surface area contributed by atoms with Gasteiger partial charge in [0, 0.05) is 29.1 Å². The van der Waals surface area contributed by atoms with Crippen molar-refractivity contribution in [3.8, 4) is 0 Å². The smallest absolute Gasteiger partial charge is 0.251 e. The Kier molecular flexibility index (Phi) is 2.60. The van der Waals surface area contributed by atoms with Crippen LogP contribution in [0.5, 0.6) is 0 Å². The van der Waals surface area contributed by atoms with Crippen molar-refractivity contribution < 1.29 is 9.21 Å². The van der Waals surface area contributed by atoms with Crippen molar-refractivity contribution in [3.63, 3.8) is 0 Å². The summed E-state index contributed by atoms with van der Waals surface area (Å²) in [5.41, 5.74) is 2.56. The first-order valence-corrected chi connectivity index (χ1v) is 7.25. The average Bonchev–Trinajstić information content (AvgIpc) is 3.14. The molecule has 1 amide bonds. The predicted molar refractivity (Wildman–Crippen MR) is 76.8 cm³/mol. The standard InChI is InChI=1S/C16H18N2O2/c1-9-8-20-15-6-10(2-4-12(9)15)16(19)18-14-7-11-3-5-13(14)17-11/h2,4,6,8,11,13-14,17H,3,5,7H2,1H3,(H,18,19)/t11?,13?,14-/m1/s1. The van der Waals surface area contributed by atoms with Crippen LogP contribution in [-0.4, -0.2) is 24.0 Å². The SMILES string of the molecule is Cc1coc2cc(C(=O)N[C@@H]3CC4CCC3N4)ccc12. The lowest BCUT2D eigenvalue weighted by Crippen LogP contribution is -2.42. The van der Waals surface area contributed by atoms with Gasteiger partial charge in [-0.05, 0) is 43.9 Å². The van der Waals surface area contributed by atoms with Crippen LogP contribution in [0.1, 0.15) is 35.2 Å². The van der Waals surface area contributed by atoms with Gasteiger partial charge >= 0.3 is 0 Å². The maximum Gasteiger partial charge on any atom is 0.251 e. The Bertz CT molecular complexity index is 676. The normalized spacial score (nSPS) is 28.1. The predicted octanol–water partition coefficient (Wildman–Crippen LogP) is 2.36. The number of rotatable bonds is 2. The van der Waals surface area contributed by atoms with Gasteiger partial charge in [0.2, 0.25) is 0 Å². The van der Waals surface area contributed by atoms with E-state index in [2.05, 4.69) is 10.6 Å². The molecule has 2 aliphatic rings. The molecule has 20 heavy (non-hydrogen) atoms. The molecule has 3 atom stereocenters. The summed E-state index contributed by atoms with van der Waals surface area (Å²) in [6, 6.07) is 7.00. The van der Waals surface area contributed by atoms with E-state index in [9.17, 15) is 4.79 Å². The third-order valence-corrected chi connectivity index (χ3v) is 4.65. The number of hydrogen-bond donors (Lipinski definition) is 2. The van der Waals surface area contributed by atoms with Crippen LogP contribution >= 0.6 is 0 Å². The molecule has 104 valence electrons. The molecule has 3 heterocycles. The average molecular weight is 270 g/mol. The van der Waals surface area contributed by atoms with Crippen molar-refractivity contribution in [2.75, 3.05) is 0 Å². The number of aryl methyl sites for hydroxylation is 1. The third-order valence-electron chi connectivity index (χ3n) is 4.65. The Hall–Kier alpha value is -1.81.